The standard InChI is InChI=1S/C30H27ClF5N5O2/c1-41(2)25(42)8-5-11-37-12-13-43-24-10-9-18(15-39-24)26(29-28(31)19-6-3-4-7-23(19)40-29)20(14-30(34,35)36)27-21(32)16-38-17-22(27)33/h3-10,15-17,37,40H,11-14H2,1-2H3/b8-5+,26-20+. The van der Waals surface area contributed by atoms with E-state index in [9.17, 15) is 26.7 Å². The van der Waals surface area contributed by atoms with Crippen LogP contribution in [0, 0.1) is 11.6 Å². The molecule has 0 bridgehead atoms. The predicted octanol–water partition coefficient (Wildman–Crippen LogP) is 6.41. The van der Waals surface area contributed by atoms with Crippen LogP contribution in [0.4, 0.5) is 22.0 Å². The molecule has 0 spiro atoms. The Bertz CT molecular complexity index is 1630. The number of fused-ring (bicyclic) bond motifs is 1. The highest BCUT2D eigenvalue weighted by Gasteiger charge is 2.35. The third kappa shape index (κ3) is 7.96. The topological polar surface area (TPSA) is 83.1 Å². The second kappa shape index (κ2) is 13.8. The van der Waals surface area contributed by atoms with Crippen LogP contribution in [0.2, 0.25) is 5.02 Å². The van der Waals surface area contributed by atoms with E-state index >= 15 is 0 Å². The van der Waals surface area contributed by atoms with E-state index in [2.05, 4.69) is 20.3 Å². The van der Waals surface area contributed by atoms with Crippen molar-refractivity contribution in [3.63, 3.8) is 0 Å². The second-order valence-corrected chi connectivity index (χ2v) is 9.93. The van der Waals surface area contributed by atoms with Gasteiger partial charge in [0.25, 0.3) is 0 Å². The molecule has 3 aromatic heterocycles. The molecule has 0 aliphatic rings. The van der Waals surface area contributed by atoms with E-state index in [-0.39, 0.29) is 40.2 Å². The molecular formula is C30H27ClF5N5O2. The van der Waals surface area contributed by atoms with Gasteiger partial charge in [0.05, 0.1) is 35.1 Å². The van der Waals surface area contributed by atoms with Gasteiger partial charge >= 0.3 is 6.18 Å². The lowest BCUT2D eigenvalue weighted by Gasteiger charge is -2.19. The Balaban J connectivity index is 1.69. The number of allylic oxidation sites excluding steroid dienone is 1. The summed E-state index contributed by atoms with van der Waals surface area (Å²) in [7, 11) is 3.29. The number of aromatic nitrogens is 3. The van der Waals surface area contributed by atoms with Gasteiger partial charge in [-0.05, 0) is 17.7 Å². The third-order valence-electron chi connectivity index (χ3n) is 6.24. The second-order valence-electron chi connectivity index (χ2n) is 9.56. The molecule has 226 valence electrons. The Morgan fingerprint density at radius 3 is 2.44 bits per heavy atom. The average molecular weight is 620 g/mol. The quantitative estimate of drug-likeness (QED) is 0.115. The van der Waals surface area contributed by atoms with Crippen LogP contribution in [-0.4, -0.2) is 65.7 Å². The zero-order valence-electron chi connectivity index (χ0n) is 23.1. The predicted molar refractivity (Wildman–Crippen MR) is 154 cm³/mol. The molecule has 1 aromatic carbocycles. The molecule has 7 nitrogen and oxygen atoms in total. The Morgan fingerprint density at radius 2 is 1.81 bits per heavy atom. The lowest BCUT2D eigenvalue weighted by Crippen LogP contribution is -2.22. The van der Waals surface area contributed by atoms with Gasteiger partial charge in [-0.1, -0.05) is 35.9 Å². The van der Waals surface area contributed by atoms with E-state index in [1.165, 1.54) is 29.3 Å². The summed E-state index contributed by atoms with van der Waals surface area (Å²) in [5.41, 5.74) is -1.06. The molecule has 0 fully saturated rings. The van der Waals surface area contributed by atoms with Crippen molar-refractivity contribution in [1.82, 2.24) is 25.2 Å². The number of amides is 1. The number of hydrogen-bond acceptors (Lipinski definition) is 5. The van der Waals surface area contributed by atoms with Crippen LogP contribution >= 0.6 is 11.6 Å². The van der Waals surface area contributed by atoms with Gasteiger partial charge in [0, 0.05) is 67.6 Å². The van der Waals surface area contributed by atoms with E-state index in [4.69, 9.17) is 16.3 Å². The van der Waals surface area contributed by atoms with Crippen LogP contribution in [-0.2, 0) is 4.79 Å². The maximum atomic E-state index is 15.0. The summed E-state index contributed by atoms with van der Waals surface area (Å²) in [6.07, 6.45) is -0.829. The molecule has 0 aliphatic carbocycles. The molecule has 0 aliphatic heterocycles. The number of carbonyl (C=O) groups is 1. The highest BCUT2D eigenvalue weighted by molar-refractivity contribution is 6.38. The number of nitrogens with one attached hydrogen (secondary N) is 2. The normalized spacial score (nSPS) is 12.6. The van der Waals surface area contributed by atoms with Gasteiger partial charge in [0.1, 0.15) is 6.61 Å². The number of carbonyl (C=O) groups excluding carboxylic acids is 1. The van der Waals surface area contributed by atoms with Crippen LogP contribution < -0.4 is 10.1 Å². The van der Waals surface area contributed by atoms with Crippen LogP contribution in [0.5, 0.6) is 5.88 Å². The summed E-state index contributed by atoms with van der Waals surface area (Å²) >= 11 is 6.64. The number of benzene rings is 1. The zero-order valence-corrected chi connectivity index (χ0v) is 23.9. The van der Waals surface area contributed by atoms with Gasteiger partial charge in [-0.2, -0.15) is 13.2 Å². The van der Waals surface area contributed by atoms with Crippen LogP contribution in [0.1, 0.15) is 23.2 Å². The Kier molecular flexibility index (Phi) is 10.1. The molecule has 3 heterocycles. The number of H-pyrrole nitrogens is 1. The summed E-state index contributed by atoms with van der Waals surface area (Å²) in [5.74, 6) is -2.49. The summed E-state index contributed by atoms with van der Waals surface area (Å²) in [6.45, 7) is 1.04. The molecule has 0 saturated carbocycles. The summed E-state index contributed by atoms with van der Waals surface area (Å²) in [5, 5.41) is 3.66. The van der Waals surface area contributed by atoms with Crippen molar-refractivity contribution in [2.45, 2.75) is 12.6 Å². The molecular weight excluding hydrogens is 593 g/mol. The van der Waals surface area contributed by atoms with Gasteiger partial charge in [0.2, 0.25) is 11.8 Å². The van der Waals surface area contributed by atoms with Crippen molar-refractivity contribution in [2.24, 2.45) is 0 Å². The Hall–Kier alpha value is -4.29. The first-order chi connectivity index (χ1) is 20.5. The van der Waals surface area contributed by atoms with Gasteiger partial charge in [-0.3, -0.25) is 9.78 Å². The smallest absolute Gasteiger partial charge is 0.393 e. The molecule has 43 heavy (non-hydrogen) atoms. The van der Waals surface area contributed by atoms with Gasteiger partial charge < -0.3 is 19.9 Å². The van der Waals surface area contributed by atoms with E-state index in [0.717, 1.165) is 0 Å². The zero-order chi connectivity index (χ0) is 31.1. The van der Waals surface area contributed by atoms with Crippen LogP contribution in [0.15, 0.2) is 67.1 Å². The molecule has 0 saturated heterocycles. The summed E-state index contributed by atoms with van der Waals surface area (Å²) in [4.78, 5) is 23.6. The van der Waals surface area contributed by atoms with Crippen molar-refractivity contribution in [3.8, 4) is 5.88 Å². The first-order valence-electron chi connectivity index (χ1n) is 13.0. The van der Waals surface area contributed by atoms with Crippen molar-refractivity contribution >= 4 is 39.6 Å². The minimum absolute atomic E-state index is 0.0400. The van der Waals surface area contributed by atoms with Crippen molar-refractivity contribution in [2.75, 3.05) is 33.8 Å². The number of alkyl halides is 3. The number of para-hydroxylation sites is 1. The van der Waals surface area contributed by atoms with Crippen molar-refractivity contribution in [3.05, 3.63) is 101 Å². The molecule has 4 rings (SSSR count). The van der Waals surface area contributed by atoms with E-state index < -0.39 is 35.4 Å². The van der Waals surface area contributed by atoms with Crippen molar-refractivity contribution < 1.29 is 31.5 Å². The first kappa shape index (κ1) is 31.6. The maximum absolute atomic E-state index is 15.0. The first-order valence-corrected chi connectivity index (χ1v) is 13.4. The number of likely N-dealkylation sites (N-methyl/N-ethyl adjacent to an activating group) is 1. The monoisotopic (exact) mass is 619 g/mol. The fraction of sp³-hybridized carbons (Fsp3) is 0.233. The lowest BCUT2D eigenvalue weighted by molar-refractivity contribution is -0.124. The van der Waals surface area contributed by atoms with Gasteiger partial charge in [-0.15, -0.1) is 0 Å². The molecule has 13 heteroatoms. The molecule has 0 unspecified atom stereocenters. The Morgan fingerprint density at radius 1 is 1.09 bits per heavy atom. The number of nitrogens with zero attached hydrogens (tertiary/aromatic N) is 3. The van der Waals surface area contributed by atoms with Crippen LogP contribution in [0.25, 0.3) is 22.0 Å². The van der Waals surface area contributed by atoms with Gasteiger partial charge in [-0.25, -0.2) is 13.8 Å². The lowest BCUT2D eigenvalue weighted by atomic mass is 9.90. The minimum Gasteiger partial charge on any atom is -0.476 e. The SMILES string of the molecule is CN(C)C(=O)/C=C/CNCCOc1ccc(/C(=C(/CC(F)(F)F)c2c(F)cncc2F)c2[nH]c3ccccc3c2Cl)cn1. The average Bonchev–Trinajstić information content (AvgIpc) is 3.28. The fourth-order valence-corrected chi connectivity index (χ4v) is 4.59. The maximum Gasteiger partial charge on any atom is 0.393 e. The fourth-order valence-electron chi connectivity index (χ4n) is 4.29. The number of halogens is 6. The van der Waals surface area contributed by atoms with E-state index in [0.29, 0.717) is 36.4 Å². The minimum atomic E-state index is -4.83. The van der Waals surface area contributed by atoms with E-state index in [1.54, 1.807) is 44.4 Å². The summed E-state index contributed by atoms with van der Waals surface area (Å²) < 4.78 is 77.3. The molecule has 1 amide bonds. The highest BCUT2D eigenvalue weighted by Crippen LogP contribution is 2.43. The third-order valence-corrected chi connectivity index (χ3v) is 6.64. The molecule has 2 N–H and O–H groups in total. The number of ether oxygens (including phenoxy) is 1. The molecule has 4 aromatic rings. The van der Waals surface area contributed by atoms with Crippen molar-refractivity contribution in [1.29, 1.82) is 0 Å². The van der Waals surface area contributed by atoms with Gasteiger partial charge in [0.15, 0.2) is 11.6 Å². The number of aromatic amines is 1. The number of pyridine rings is 2. The van der Waals surface area contributed by atoms with E-state index in [1.807, 2.05) is 0 Å². The number of rotatable bonds is 11. The highest BCUT2D eigenvalue weighted by atomic mass is 35.5. The summed E-state index contributed by atoms with van der Waals surface area (Å²) in [6, 6.07) is 9.64. The van der Waals surface area contributed by atoms with Crippen LogP contribution in [0.3, 0.4) is 0 Å². The molecule has 0 atom stereocenters. The largest absolute Gasteiger partial charge is 0.476 e. The molecule has 0 radical (unpaired) electrons. The Labute approximate surface area is 249 Å². The number of hydrogen-bond donors (Lipinski definition) is 2.